The molecule has 0 saturated carbocycles. The molecule has 0 heterocycles. The Hall–Kier alpha value is -3.66. The number of ether oxygens (including phenoxy) is 1. The first-order valence-corrected chi connectivity index (χ1v) is 8.25. The number of nitriles is 1. The number of nitro benzene ring substituents is 1. The van der Waals surface area contributed by atoms with E-state index < -0.39 is 10.8 Å². The van der Waals surface area contributed by atoms with Crippen LogP contribution in [-0.2, 0) is 4.79 Å². The van der Waals surface area contributed by atoms with Crippen molar-refractivity contribution in [3.05, 3.63) is 69.3 Å². The first-order chi connectivity index (χ1) is 12.8. The smallest absolute Gasteiger partial charge is 0.272 e. The van der Waals surface area contributed by atoms with Crippen molar-refractivity contribution < 1.29 is 14.5 Å². The summed E-state index contributed by atoms with van der Waals surface area (Å²) in [7, 11) is 0. The van der Waals surface area contributed by atoms with E-state index in [2.05, 4.69) is 5.32 Å². The van der Waals surface area contributed by atoms with E-state index in [1.54, 1.807) is 43.3 Å². The molecule has 0 fully saturated rings. The van der Waals surface area contributed by atoms with Crippen molar-refractivity contribution in [3.8, 4) is 11.8 Å². The van der Waals surface area contributed by atoms with E-state index in [0.29, 0.717) is 22.6 Å². The predicted molar refractivity (Wildman–Crippen MR) is 102 cm³/mol. The second-order valence-corrected chi connectivity index (χ2v) is 6.12. The summed E-state index contributed by atoms with van der Waals surface area (Å²) < 4.78 is 5.57. The Morgan fingerprint density at radius 3 is 2.67 bits per heavy atom. The van der Waals surface area contributed by atoms with Gasteiger partial charge in [-0.05, 0) is 44.5 Å². The summed E-state index contributed by atoms with van der Waals surface area (Å²) in [6.07, 6.45) is 1.30. The molecule has 0 aliphatic heterocycles. The third-order valence-electron chi connectivity index (χ3n) is 3.57. The van der Waals surface area contributed by atoms with E-state index in [-0.39, 0.29) is 17.4 Å². The zero-order valence-electron chi connectivity index (χ0n) is 15.2. The van der Waals surface area contributed by atoms with Crippen LogP contribution in [0.15, 0.2) is 48.0 Å². The van der Waals surface area contributed by atoms with Crippen LogP contribution in [-0.4, -0.2) is 16.9 Å². The monoisotopic (exact) mass is 365 g/mol. The normalized spacial score (nSPS) is 11.0. The number of amides is 1. The number of anilines is 1. The van der Waals surface area contributed by atoms with Crippen LogP contribution < -0.4 is 10.1 Å². The van der Waals surface area contributed by atoms with Crippen molar-refractivity contribution in [2.24, 2.45) is 0 Å². The average molecular weight is 365 g/mol. The molecule has 7 nitrogen and oxygen atoms in total. The van der Waals surface area contributed by atoms with E-state index in [9.17, 15) is 20.2 Å². The van der Waals surface area contributed by atoms with Gasteiger partial charge in [-0.2, -0.15) is 5.26 Å². The van der Waals surface area contributed by atoms with E-state index in [1.165, 1.54) is 12.1 Å². The number of rotatable bonds is 6. The second kappa shape index (κ2) is 8.63. The molecule has 0 spiro atoms. The summed E-state index contributed by atoms with van der Waals surface area (Å²) in [6.45, 7) is 5.40. The molecule has 0 bridgehead atoms. The average Bonchev–Trinajstić information content (AvgIpc) is 2.60. The summed E-state index contributed by atoms with van der Waals surface area (Å²) in [5.74, 6) is -0.0122. The zero-order valence-corrected chi connectivity index (χ0v) is 15.2. The van der Waals surface area contributed by atoms with Crippen LogP contribution >= 0.6 is 0 Å². The Morgan fingerprint density at radius 2 is 2.04 bits per heavy atom. The van der Waals surface area contributed by atoms with Gasteiger partial charge in [-0.3, -0.25) is 14.9 Å². The van der Waals surface area contributed by atoms with Gasteiger partial charge in [0.2, 0.25) is 0 Å². The molecule has 0 aliphatic rings. The summed E-state index contributed by atoms with van der Waals surface area (Å²) in [6, 6.07) is 13.2. The fraction of sp³-hybridized carbons (Fsp3) is 0.200. The summed E-state index contributed by atoms with van der Waals surface area (Å²) in [5.41, 5.74) is 1.15. The number of carbonyl (C=O) groups excluding carboxylic acids is 1. The summed E-state index contributed by atoms with van der Waals surface area (Å²) in [5, 5.41) is 23.0. The highest BCUT2D eigenvalue weighted by atomic mass is 16.6. The fourth-order valence-corrected chi connectivity index (χ4v) is 2.35. The minimum Gasteiger partial charge on any atom is -0.491 e. The first-order valence-electron chi connectivity index (χ1n) is 8.25. The molecular formula is C20H19N3O4. The number of hydrogen-bond donors (Lipinski definition) is 1. The molecule has 138 valence electrons. The van der Waals surface area contributed by atoms with Crippen molar-refractivity contribution in [2.75, 3.05) is 5.32 Å². The quantitative estimate of drug-likeness (QED) is 0.357. The second-order valence-electron chi connectivity index (χ2n) is 6.12. The minimum absolute atomic E-state index is 0.0113. The van der Waals surface area contributed by atoms with Crippen LogP contribution in [0.3, 0.4) is 0 Å². The van der Waals surface area contributed by atoms with Crippen LogP contribution in [0.5, 0.6) is 5.75 Å². The number of benzene rings is 2. The van der Waals surface area contributed by atoms with Crippen LogP contribution in [0.25, 0.3) is 6.08 Å². The molecule has 0 aliphatic carbocycles. The van der Waals surface area contributed by atoms with Crippen molar-refractivity contribution >= 4 is 23.4 Å². The molecule has 0 radical (unpaired) electrons. The molecule has 0 saturated heterocycles. The molecule has 27 heavy (non-hydrogen) atoms. The number of nitro groups is 1. The Labute approximate surface area is 157 Å². The van der Waals surface area contributed by atoms with Gasteiger partial charge in [0.05, 0.1) is 11.0 Å². The Balaban J connectivity index is 2.24. The Bertz CT molecular complexity index is 942. The van der Waals surface area contributed by atoms with Crippen LogP contribution in [0.4, 0.5) is 11.4 Å². The Morgan fingerprint density at radius 1 is 1.30 bits per heavy atom. The maximum Gasteiger partial charge on any atom is 0.272 e. The van der Waals surface area contributed by atoms with E-state index in [4.69, 9.17) is 4.74 Å². The van der Waals surface area contributed by atoms with E-state index in [0.717, 1.165) is 0 Å². The lowest BCUT2D eigenvalue weighted by molar-refractivity contribution is -0.385. The molecule has 2 aromatic rings. The highest BCUT2D eigenvalue weighted by molar-refractivity contribution is 6.09. The maximum atomic E-state index is 12.4. The van der Waals surface area contributed by atoms with Crippen molar-refractivity contribution in [1.29, 1.82) is 5.26 Å². The van der Waals surface area contributed by atoms with Gasteiger partial charge in [0.15, 0.2) is 0 Å². The molecule has 2 aromatic carbocycles. The molecule has 0 aromatic heterocycles. The molecule has 1 N–H and O–H groups in total. The lowest BCUT2D eigenvalue weighted by Crippen LogP contribution is -2.13. The van der Waals surface area contributed by atoms with Gasteiger partial charge in [-0.25, -0.2) is 0 Å². The number of hydrogen-bond acceptors (Lipinski definition) is 5. The fourth-order valence-electron chi connectivity index (χ4n) is 2.35. The summed E-state index contributed by atoms with van der Waals surface area (Å²) in [4.78, 5) is 22.9. The zero-order chi connectivity index (χ0) is 20.0. The van der Waals surface area contributed by atoms with E-state index in [1.807, 2.05) is 19.9 Å². The first kappa shape index (κ1) is 19.7. The topological polar surface area (TPSA) is 105 Å². The highest BCUT2D eigenvalue weighted by Gasteiger charge is 2.13. The molecule has 2 rings (SSSR count). The van der Waals surface area contributed by atoms with Gasteiger partial charge >= 0.3 is 0 Å². The van der Waals surface area contributed by atoms with Gasteiger partial charge < -0.3 is 10.1 Å². The van der Waals surface area contributed by atoms with Gasteiger partial charge in [0, 0.05) is 23.4 Å². The maximum absolute atomic E-state index is 12.4. The van der Waals surface area contributed by atoms with Crippen molar-refractivity contribution in [2.45, 2.75) is 26.9 Å². The van der Waals surface area contributed by atoms with Gasteiger partial charge in [-0.15, -0.1) is 0 Å². The largest absolute Gasteiger partial charge is 0.491 e. The highest BCUT2D eigenvalue weighted by Crippen LogP contribution is 2.22. The SMILES string of the molecule is Cc1ccc(/C=C(/C#N)C(=O)Nc2cccc(OC(C)C)c2)cc1[N+](=O)[O-]. The lowest BCUT2D eigenvalue weighted by Gasteiger charge is -2.11. The number of carbonyl (C=O) groups is 1. The standard InChI is InChI=1S/C20H19N3O4/c1-13(2)27-18-6-4-5-17(11-18)22-20(24)16(12-21)9-15-8-7-14(3)19(10-15)23(25)26/h4-11,13H,1-3H3,(H,22,24)/b16-9-. The van der Waals surface area contributed by atoms with Crippen LogP contribution in [0.1, 0.15) is 25.0 Å². The Kier molecular flexibility index (Phi) is 6.28. The number of nitrogens with one attached hydrogen (secondary N) is 1. The number of aryl methyl sites for hydroxylation is 1. The third kappa shape index (κ3) is 5.41. The number of nitrogens with zero attached hydrogens (tertiary/aromatic N) is 2. The van der Waals surface area contributed by atoms with Gasteiger partial charge in [0.25, 0.3) is 11.6 Å². The molecule has 1 amide bonds. The van der Waals surface area contributed by atoms with Crippen molar-refractivity contribution in [1.82, 2.24) is 0 Å². The summed E-state index contributed by atoms with van der Waals surface area (Å²) >= 11 is 0. The molecule has 0 unspecified atom stereocenters. The van der Waals surface area contributed by atoms with Gasteiger partial charge in [0.1, 0.15) is 17.4 Å². The van der Waals surface area contributed by atoms with Crippen LogP contribution in [0.2, 0.25) is 0 Å². The van der Waals surface area contributed by atoms with Gasteiger partial charge in [-0.1, -0.05) is 18.2 Å². The minimum atomic E-state index is -0.609. The van der Waals surface area contributed by atoms with E-state index >= 15 is 0 Å². The predicted octanol–water partition coefficient (Wildman–Crippen LogP) is 4.24. The third-order valence-corrected chi connectivity index (χ3v) is 3.57. The molecular weight excluding hydrogens is 346 g/mol. The van der Waals surface area contributed by atoms with Crippen LogP contribution in [0, 0.1) is 28.4 Å². The lowest BCUT2D eigenvalue weighted by atomic mass is 10.1. The van der Waals surface area contributed by atoms with Crippen molar-refractivity contribution in [3.63, 3.8) is 0 Å². The molecule has 0 atom stereocenters. The molecule has 7 heteroatoms.